The predicted octanol–water partition coefficient (Wildman–Crippen LogP) is 2.35. The SMILES string of the molecule is CCc1ccc(CNC(=O)C2(C)CCNC2)s1.Cl. The van der Waals surface area contributed by atoms with E-state index in [1.807, 2.05) is 6.92 Å². The van der Waals surface area contributed by atoms with Crippen LogP contribution in [0.2, 0.25) is 0 Å². The third-order valence-corrected chi connectivity index (χ3v) is 4.64. The molecule has 2 rings (SSSR count). The lowest BCUT2D eigenvalue weighted by atomic mass is 9.89. The number of rotatable bonds is 4. The van der Waals surface area contributed by atoms with E-state index < -0.39 is 0 Å². The van der Waals surface area contributed by atoms with Crippen LogP contribution in [0.25, 0.3) is 0 Å². The molecule has 0 radical (unpaired) electrons. The zero-order chi connectivity index (χ0) is 12.3. The van der Waals surface area contributed by atoms with Gasteiger partial charge in [-0.1, -0.05) is 6.92 Å². The number of thiophene rings is 1. The van der Waals surface area contributed by atoms with Gasteiger partial charge in [-0.2, -0.15) is 0 Å². The minimum Gasteiger partial charge on any atom is -0.351 e. The van der Waals surface area contributed by atoms with Crippen molar-refractivity contribution in [1.82, 2.24) is 10.6 Å². The standard InChI is InChI=1S/C13H20N2OS.ClH/c1-3-10-4-5-11(17-10)8-15-12(16)13(2)6-7-14-9-13;/h4-5,14H,3,6-9H2,1-2H3,(H,15,16);1H. The Morgan fingerprint density at radius 3 is 2.78 bits per heavy atom. The molecule has 102 valence electrons. The number of aryl methyl sites for hydroxylation is 1. The summed E-state index contributed by atoms with van der Waals surface area (Å²) in [5.74, 6) is 0.175. The Kier molecular flexibility index (Phi) is 5.63. The van der Waals surface area contributed by atoms with Gasteiger partial charge in [0.1, 0.15) is 0 Å². The van der Waals surface area contributed by atoms with E-state index in [0.717, 1.165) is 25.9 Å². The van der Waals surface area contributed by atoms with E-state index in [9.17, 15) is 4.79 Å². The quantitative estimate of drug-likeness (QED) is 0.893. The smallest absolute Gasteiger partial charge is 0.227 e. The molecule has 18 heavy (non-hydrogen) atoms. The fraction of sp³-hybridized carbons (Fsp3) is 0.615. The molecule has 2 heterocycles. The lowest BCUT2D eigenvalue weighted by molar-refractivity contribution is -0.129. The second kappa shape index (κ2) is 6.55. The van der Waals surface area contributed by atoms with Gasteiger partial charge in [-0.15, -0.1) is 23.7 Å². The molecule has 0 spiro atoms. The van der Waals surface area contributed by atoms with Crippen LogP contribution in [0, 0.1) is 5.41 Å². The van der Waals surface area contributed by atoms with Crippen LogP contribution in [-0.4, -0.2) is 19.0 Å². The predicted molar refractivity (Wildman–Crippen MR) is 78.4 cm³/mol. The van der Waals surface area contributed by atoms with Crippen molar-refractivity contribution >= 4 is 29.7 Å². The molecule has 3 nitrogen and oxygen atoms in total. The topological polar surface area (TPSA) is 41.1 Å². The highest BCUT2D eigenvalue weighted by Gasteiger charge is 2.35. The molecule has 1 aliphatic heterocycles. The van der Waals surface area contributed by atoms with Crippen LogP contribution >= 0.6 is 23.7 Å². The van der Waals surface area contributed by atoms with Crippen LogP contribution in [0.5, 0.6) is 0 Å². The number of hydrogen-bond acceptors (Lipinski definition) is 3. The highest BCUT2D eigenvalue weighted by atomic mass is 35.5. The van der Waals surface area contributed by atoms with Gasteiger partial charge in [-0.25, -0.2) is 0 Å². The van der Waals surface area contributed by atoms with Crippen molar-refractivity contribution in [2.75, 3.05) is 13.1 Å². The van der Waals surface area contributed by atoms with Crippen LogP contribution in [-0.2, 0) is 17.8 Å². The minimum absolute atomic E-state index is 0. The lowest BCUT2D eigenvalue weighted by Crippen LogP contribution is -2.39. The van der Waals surface area contributed by atoms with Crippen molar-refractivity contribution in [3.05, 3.63) is 21.9 Å². The van der Waals surface area contributed by atoms with Gasteiger partial charge in [0.05, 0.1) is 12.0 Å². The second-order valence-electron chi connectivity index (χ2n) is 4.89. The molecule has 1 aromatic rings. The first kappa shape index (κ1) is 15.5. The molecule has 0 aliphatic carbocycles. The number of hydrogen-bond donors (Lipinski definition) is 2. The molecule has 2 N–H and O–H groups in total. The molecule has 1 unspecified atom stereocenters. The van der Waals surface area contributed by atoms with Crippen molar-refractivity contribution in [2.24, 2.45) is 5.41 Å². The first-order valence-electron chi connectivity index (χ1n) is 6.21. The van der Waals surface area contributed by atoms with Gasteiger partial charge in [-0.3, -0.25) is 4.79 Å². The molecule has 1 atom stereocenters. The fourth-order valence-electron chi connectivity index (χ4n) is 2.10. The first-order valence-corrected chi connectivity index (χ1v) is 7.02. The van der Waals surface area contributed by atoms with Crippen molar-refractivity contribution in [3.63, 3.8) is 0 Å². The monoisotopic (exact) mass is 288 g/mol. The molecule has 1 aliphatic rings. The maximum absolute atomic E-state index is 12.1. The number of nitrogens with one attached hydrogen (secondary N) is 2. The Bertz CT molecular complexity index is 399. The van der Waals surface area contributed by atoms with E-state index in [4.69, 9.17) is 0 Å². The van der Waals surface area contributed by atoms with Crippen molar-refractivity contribution in [3.8, 4) is 0 Å². The van der Waals surface area contributed by atoms with Gasteiger partial charge in [0.15, 0.2) is 0 Å². The van der Waals surface area contributed by atoms with Crippen molar-refractivity contribution in [1.29, 1.82) is 0 Å². The maximum atomic E-state index is 12.1. The third kappa shape index (κ3) is 3.46. The molecule has 0 bridgehead atoms. The Balaban J connectivity index is 0.00000162. The van der Waals surface area contributed by atoms with Crippen molar-refractivity contribution < 1.29 is 4.79 Å². The number of carbonyl (C=O) groups is 1. The van der Waals surface area contributed by atoms with Gasteiger partial charge in [-0.05, 0) is 38.4 Å². The number of halogens is 1. The molecule has 1 saturated heterocycles. The highest BCUT2D eigenvalue weighted by molar-refractivity contribution is 7.11. The van der Waals surface area contributed by atoms with Crippen LogP contribution in [0.3, 0.4) is 0 Å². The Morgan fingerprint density at radius 2 is 2.22 bits per heavy atom. The molecule has 0 aromatic carbocycles. The van der Waals surface area contributed by atoms with Gasteiger partial charge < -0.3 is 10.6 Å². The molecule has 5 heteroatoms. The summed E-state index contributed by atoms with van der Waals surface area (Å²) < 4.78 is 0. The summed E-state index contributed by atoms with van der Waals surface area (Å²) in [5, 5.41) is 6.30. The van der Waals surface area contributed by atoms with E-state index in [1.165, 1.54) is 9.75 Å². The summed E-state index contributed by atoms with van der Waals surface area (Å²) in [5.41, 5.74) is -0.217. The van der Waals surface area contributed by atoms with Crippen LogP contribution < -0.4 is 10.6 Å². The van der Waals surface area contributed by atoms with E-state index in [1.54, 1.807) is 11.3 Å². The fourth-order valence-corrected chi connectivity index (χ4v) is 3.00. The molecule has 1 amide bonds. The molecule has 1 fully saturated rings. The van der Waals surface area contributed by atoms with Gasteiger partial charge in [0, 0.05) is 16.3 Å². The van der Waals surface area contributed by atoms with Gasteiger partial charge >= 0.3 is 0 Å². The Labute approximate surface area is 119 Å². The maximum Gasteiger partial charge on any atom is 0.227 e. The van der Waals surface area contributed by atoms with Gasteiger partial charge in [0.2, 0.25) is 5.91 Å². The first-order chi connectivity index (χ1) is 8.14. The van der Waals surface area contributed by atoms with E-state index in [-0.39, 0.29) is 23.7 Å². The Hall–Kier alpha value is -0.580. The van der Waals surface area contributed by atoms with Crippen molar-refractivity contribution in [2.45, 2.75) is 33.2 Å². The highest BCUT2D eigenvalue weighted by Crippen LogP contribution is 2.25. The van der Waals surface area contributed by atoms with Crippen LogP contribution in [0.4, 0.5) is 0 Å². The Morgan fingerprint density at radius 1 is 1.50 bits per heavy atom. The summed E-state index contributed by atoms with van der Waals surface area (Å²) >= 11 is 1.79. The lowest BCUT2D eigenvalue weighted by Gasteiger charge is -2.21. The summed E-state index contributed by atoms with van der Waals surface area (Å²) in [6.07, 6.45) is 2.00. The zero-order valence-corrected chi connectivity index (χ0v) is 12.5. The van der Waals surface area contributed by atoms with E-state index >= 15 is 0 Å². The van der Waals surface area contributed by atoms with Crippen LogP contribution in [0.15, 0.2) is 12.1 Å². The number of amides is 1. The summed E-state index contributed by atoms with van der Waals surface area (Å²) in [6, 6.07) is 4.25. The molecule has 1 aromatic heterocycles. The minimum atomic E-state index is -0.217. The van der Waals surface area contributed by atoms with E-state index in [2.05, 4.69) is 29.7 Å². The summed E-state index contributed by atoms with van der Waals surface area (Å²) in [4.78, 5) is 14.7. The third-order valence-electron chi connectivity index (χ3n) is 3.41. The summed E-state index contributed by atoms with van der Waals surface area (Å²) in [7, 11) is 0. The largest absolute Gasteiger partial charge is 0.351 e. The number of carbonyl (C=O) groups excluding carboxylic acids is 1. The molecular formula is C13H21ClN2OS. The molecular weight excluding hydrogens is 268 g/mol. The van der Waals surface area contributed by atoms with E-state index in [0.29, 0.717) is 6.54 Å². The van der Waals surface area contributed by atoms with Gasteiger partial charge in [0.25, 0.3) is 0 Å². The molecule has 0 saturated carbocycles. The zero-order valence-electron chi connectivity index (χ0n) is 10.9. The second-order valence-corrected chi connectivity index (χ2v) is 6.14. The van der Waals surface area contributed by atoms with Crippen LogP contribution in [0.1, 0.15) is 30.0 Å². The average molecular weight is 289 g/mol. The average Bonchev–Trinajstić information content (AvgIpc) is 2.95. The summed E-state index contributed by atoms with van der Waals surface area (Å²) in [6.45, 7) is 6.60. The normalized spacial score (nSPS) is 22.6.